The van der Waals surface area contributed by atoms with Crippen LogP contribution in [0.1, 0.15) is 24.2 Å². The van der Waals surface area contributed by atoms with Crippen molar-refractivity contribution in [2.45, 2.75) is 19.9 Å². The van der Waals surface area contributed by atoms with E-state index in [9.17, 15) is 19.2 Å². The Morgan fingerprint density at radius 3 is 2.39 bits per heavy atom. The molecule has 124 valence electrons. The van der Waals surface area contributed by atoms with E-state index in [1.54, 1.807) is 37.3 Å². The van der Waals surface area contributed by atoms with Gasteiger partial charge in [0.15, 0.2) is 6.61 Å². The van der Waals surface area contributed by atoms with E-state index in [2.05, 4.69) is 10.6 Å². The van der Waals surface area contributed by atoms with Gasteiger partial charge >= 0.3 is 12.0 Å². The molecule has 3 N–H and O–H groups in total. The van der Waals surface area contributed by atoms with Gasteiger partial charge in [-0.15, -0.1) is 0 Å². The van der Waals surface area contributed by atoms with Crippen molar-refractivity contribution in [2.24, 2.45) is 0 Å². The van der Waals surface area contributed by atoms with Crippen molar-refractivity contribution in [3.63, 3.8) is 0 Å². The van der Waals surface area contributed by atoms with Gasteiger partial charge in [0.05, 0.1) is 0 Å². The first-order valence-electron chi connectivity index (χ1n) is 7.04. The first kappa shape index (κ1) is 18.1. The van der Waals surface area contributed by atoms with Crippen LogP contribution in [-0.2, 0) is 14.3 Å². The van der Waals surface area contributed by atoms with Gasteiger partial charge in [-0.1, -0.05) is 18.2 Å². The summed E-state index contributed by atoms with van der Waals surface area (Å²) in [7, 11) is 0. The van der Waals surface area contributed by atoms with Gasteiger partial charge in [0.2, 0.25) is 0 Å². The first-order valence-corrected chi connectivity index (χ1v) is 7.04. The number of benzene rings is 1. The molecule has 0 spiro atoms. The predicted octanol–water partition coefficient (Wildman–Crippen LogP) is 0.194. The minimum absolute atomic E-state index is 0.363. The number of nitrogens with one attached hydrogen (secondary N) is 3. The van der Waals surface area contributed by atoms with Gasteiger partial charge in [0, 0.05) is 12.1 Å². The highest BCUT2D eigenvalue weighted by Crippen LogP contribution is 1.99. The van der Waals surface area contributed by atoms with Crippen LogP contribution >= 0.6 is 0 Å². The number of imide groups is 1. The Kier molecular flexibility index (Phi) is 7.25. The fraction of sp³-hybridized carbons (Fsp3) is 0.333. The minimum atomic E-state index is -0.931. The Balaban J connectivity index is 2.38. The van der Waals surface area contributed by atoms with Gasteiger partial charge < -0.3 is 15.4 Å². The highest BCUT2D eigenvalue weighted by atomic mass is 16.5. The maximum absolute atomic E-state index is 11.9. The molecule has 1 aromatic carbocycles. The Labute approximate surface area is 133 Å². The van der Waals surface area contributed by atoms with Gasteiger partial charge in [-0.05, 0) is 26.0 Å². The fourth-order valence-electron chi connectivity index (χ4n) is 1.56. The molecule has 8 heteroatoms. The summed E-state index contributed by atoms with van der Waals surface area (Å²) < 4.78 is 4.74. The summed E-state index contributed by atoms with van der Waals surface area (Å²) in [5, 5.41) is 6.81. The number of rotatable bonds is 6. The molecule has 0 bridgehead atoms. The summed E-state index contributed by atoms with van der Waals surface area (Å²) >= 11 is 0. The Bertz CT molecular complexity index is 574. The summed E-state index contributed by atoms with van der Waals surface area (Å²) in [6, 6.07) is 6.77. The second-order valence-corrected chi connectivity index (χ2v) is 4.58. The van der Waals surface area contributed by atoms with E-state index < -0.39 is 36.5 Å². The summed E-state index contributed by atoms with van der Waals surface area (Å²) in [6.45, 7) is 2.88. The lowest BCUT2D eigenvalue weighted by Gasteiger charge is -2.13. The lowest BCUT2D eigenvalue weighted by Crippen LogP contribution is -2.43. The Morgan fingerprint density at radius 1 is 1.13 bits per heavy atom. The van der Waals surface area contributed by atoms with Gasteiger partial charge in [-0.25, -0.2) is 9.59 Å². The Morgan fingerprint density at radius 2 is 1.78 bits per heavy atom. The molecule has 0 aliphatic heterocycles. The van der Waals surface area contributed by atoms with Crippen LogP contribution in [0.5, 0.6) is 0 Å². The molecule has 0 aromatic heterocycles. The number of hydrogen-bond acceptors (Lipinski definition) is 5. The van der Waals surface area contributed by atoms with E-state index in [4.69, 9.17) is 4.74 Å². The van der Waals surface area contributed by atoms with Crippen LogP contribution in [0, 0.1) is 0 Å². The van der Waals surface area contributed by atoms with Crippen molar-refractivity contribution in [3.05, 3.63) is 35.9 Å². The van der Waals surface area contributed by atoms with Crippen LogP contribution in [0.2, 0.25) is 0 Å². The van der Waals surface area contributed by atoms with Gasteiger partial charge in [-0.2, -0.15) is 0 Å². The van der Waals surface area contributed by atoms with Crippen LogP contribution < -0.4 is 16.0 Å². The molecule has 1 rings (SSSR count). The van der Waals surface area contributed by atoms with E-state index in [1.807, 2.05) is 5.32 Å². The van der Waals surface area contributed by atoms with E-state index >= 15 is 0 Å². The predicted molar refractivity (Wildman–Crippen MR) is 81.5 cm³/mol. The third-order valence-electron chi connectivity index (χ3n) is 2.67. The maximum Gasteiger partial charge on any atom is 0.328 e. The van der Waals surface area contributed by atoms with Crippen molar-refractivity contribution < 1.29 is 23.9 Å². The van der Waals surface area contributed by atoms with Gasteiger partial charge in [0.1, 0.15) is 6.04 Å². The maximum atomic E-state index is 11.9. The summed E-state index contributed by atoms with van der Waals surface area (Å²) in [4.78, 5) is 46.0. The second-order valence-electron chi connectivity index (χ2n) is 4.58. The van der Waals surface area contributed by atoms with Crippen molar-refractivity contribution in [1.82, 2.24) is 16.0 Å². The molecule has 1 aromatic rings. The highest BCUT2D eigenvalue weighted by Gasteiger charge is 2.19. The summed E-state index contributed by atoms with van der Waals surface area (Å²) in [6.07, 6.45) is 0. The molecular weight excluding hydrogens is 302 g/mol. The Hall–Kier alpha value is -2.90. The first-order chi connectivity index (χ1) is 10.9. The summed E-state index contributed by atoms with van der Waals surface area (Å²) in [5.41, 5.74) is 0.404. The van der Waals surface area contributed by atoms with Crippen LogP contribution in [-0.4, -0.2) is 43.0 Å². The normalized spacial score (nSPS) is 11.0. The van der Waals surface area contributed by atoms with Crippen LogP contribution in [0.15, 0.2) is 30.3 Å². The van der Waals surface area contributed by atoms with Crippen LogP contribution in [0.4, 0.5) is 4.79 Å². The smallest absolute Gasteiger partial charge is 0.328 e. The van der Waals surface area contributed by atoms with Crippen molar-refractivity contribution in [3.8, 4) is 0 Å². The zero-order valence-electron chi connectivity index (χ0n) is 12.9. The number of esters is 1. The summed E-state index contributed by atoms with van der Waals surface area (Å²) in [5.74, 6) is -1.96. The van der Waals surface area contributed by atoms with Crippen molar-refractivity contribution >= 4 is 23.8 Å². The van der Waals surface area contributed by atoms with Crippen molar-refractivity contribution in [1.29, 1.82) is 0 Å². The molecule has 0 heterocycles. The monoisotopic (exact) mass is 321 g/mol. The topological polar surface area (TPSA) is 114 Å². The quantitative estimate of drug-likeness (QED) is 0.647. The molecule has 0 saturated carbocycles. The number of amides is 4. The zero-order chi connectivity index (χ0) is 17.2. The van der Waals surface area contributed by atoms with Crippen LogP contribution in [0.25, 0.3) is 0 Å². The molecule has 0 unspecified atom stereocenters. The standard InChI is InChI=1S/C15H19N3O5/c1-3-16-15(22)18-12(19)9-23-14(21)10(2)17-13(20)11-7-5-4-6-8-11/h4-8,10H,3,9H2,1-2H3,(H,17,20)(H2,16,18,19,22)/t10-/m0/s1. The third kappa shape index (κ3) is 6.60. The fourth-order valence-corrected chi connectivity index (χ4v) is 1.56. The average Bonchev–Trinajstić information content (AvgIpc) is 2.53. The molecule has 0 fully saturated rings. The molecule has 4 amide bonds. The van der Waals surface area contributed by atoms with E-state index in [1.165, 1.54) is 6.92 Å². The van der Waals surface area contributed by atoms with Crippen molar-refractivity contribution in [2.75, 3.05) is 13.2 Å². The molecule has 0 radical (unpaired) electrons. The lowest BCUT2D eigenvalue weighted by molar-refractivity contribution is -0.149. The number of ether oxygens (including phenoxy) is 1. The molecule has 0 aliphatic carbocycles. The molecule has 0 aliphatic rings. The lowest BCUT2D eigenvalue weighted by atomic mass is 10.2. The number of hydrogen-bond donors (Lipinski definition) is 3. The second kappa shape index (κ2) is 9.19. The molecule has 23 heavy (non-hydrogen) atoms. The minimum Gasteiger partial charge on any atom is -0.454 e. The largest absolute Gasteiger partial charge is 0.454 e. The third-order valence-corrected chi connectivity index (χ3v) is 2.67. The van der Waals surface area contributed by atoms with Crippen LogP contribution in [0.3, 0.4) is 0 Å². The van der Waals surface area contributed by atoms with Gasteiger partial charge in [0.25, 0.3) is 11.8 Å². The zero-order valence-corrected chi connectivity index (χ0v) is 12.9. The molecule has 0 saturated heterocycles. The molecule has 8 nitrogen and oxygen atoms in total. The number of carbonyl (C=O) groups excluding carboxylic acids is 4. The molecular formula is C15H19N3O5. The average molecular weight is 321 g/mol. The number of carbonyl (C=O) groups is 4. The number of urea groups is 1. The van der Waals surface area contributed by atoms with E-state index in [0.717, 1.165) is 0 Å². The van der Waals surface area contributed by atoms with E-state index in [-0.39, 0.29) is 0 Å². The van der Waals surface area contributed by atoms with Gasteiger partial charge in [-0.3, -0.25) is 14.9 Å². The SMILES string of the molecule is CCNC(=O)NC(=O)COC(=O)[C@H](C)NC(=O)c1ccccc1. The van der Waals surface area contributed by atoms with E-state index in [0.29, 0.717) is 12.1 Å². The highest BCUT2D eigenvalue weighted by molar-refractivity contribution is 5.97. The molecule has 1 atom stereocenters.